The number of para-hydroxylation sites is 2. The lowest BCUT2D eigenvalue weighted by Crippen LogP contribution is -2.33. The van der Waals surface area contributed by atoms with Crippen LogP contribution in [0.3, 0.4) is 0 Å². The fourth-order valence-electron chi connectivity index (χ4n) is 3.95. The number of fused-ring (bicyclic) bond motifs is 2. The molecule has 0 radical (unpaired) electrons. The van der Waals surface area contributed by atoms with Crippen LogP contribution in [0.1, 0.15) is 45.8 Å². The fraction of sp³-hybridized carbons (Fsp3) is 0.125. The van der Waals surface area contributed by atoms with Gasteiger partial charge in [0.2, 0.25) is 5.91 Å². The fourth-order valence-corrected chi connectivity index (χ4v) is 3.95. The second-order valence-electron chi connectivity index (χ2n) is 7.37. The summed E-state index contributed by atoms with van der Waals surface area (Å²) in [6, 6.07) is 24.1. The largest absolute Gasteiger partial charge is 0.345 e. The first-order valence-electron chi connectivity index (χ1n) is 9.88. The first kappa shape index (κ1) is 18.1. The van der Waals surface area contributed by atoms with Crippen LogP contribution >= 0.6 is 0 Å². The molecule has 0 aliphatic carbocycles. The molecule has 6 heteroatoms. The Morgan fingerprint density at radius 3 is 2.53 bits per heavy atom. The Morgan fingerprint density at radius 1 is 0.967 bits per heavy atom. The van der Waals surface area contributed by atoms with E-state index in [9.17, 15) is 9.59 Å². The lowest BCUT2D eigenvalue weighted by Gasteiger charge is -2.19. The molecular formula is C24H20N4O2. The number of H-pyrrole nitrogens is 1. The Kier molecular flexibility index (Phi) is 4.52. The van der Waals surface area contributed by atoms with Crippen LogP contribution in [-0.2, 0) is 4.79 Å². The maximum Gasteiger partial charge on any atom is 0.252 e. The molecule has 3 N–H and O–H groups in total. The van der Waals surface area contributed by atoms with E-state index < -0.39 is 6.04 Å². The van der Waals surface area contributed by atoms with Gasteiger partial charge < -0.3 is 15.6 Å². The zero-order valence-electron chi connectivity index (χ0n) is 16.1. The quantitative estimate of drug-likeness (QED) is 0.481. The van der Waals surface area contributed by atoms with Gasteiger partial charge >= 0.3 is 0 Å². The third-order valence-corrected chi connectivity index (χ3v) is 5.40. The van der Waals surface area contributed by atoms with Crippen LogP contribution in [0.4, 0.5) is 0 Å². The molecular weight excluding hydrogens is 376 g/mol. The summed E-state index contributed by atoms with van der Waals surface area (Å²) in [7, 11) is 0. The van der Waals surface area contributed by atoms with Crippen LogP contribution in [0.2, 0.25) is 0 Å². The molecule has 1 aliphatic heterocycles. The summed E-state index contributed by atoms with van der Waals surface area (Å²) < 4.78 is 0. The van der Waals surface area contributed by atoms with Gasteiger partial charge in [-0.1, -0.05) is 60.7 Å². The molecule has 4 aromatic rings. The Labute approximate surface area is 173 Å². The molecule has 3 aromatic carbocycles. The number of benzene rings is 3. The average Bonchev–Trinajstić information content (AvgIpc) is 3.34. The molecule has 0 saturated carbocycles. The van der Waals surface area contributed by atoms with E-state index in [4.69, 9.17) is 0 Å². The van der Waals surface area contributed by atoms with Gasteiger partial charge in [0.1, 0.15) is 11.9 Å². The van der Waals surface area contributed by atoms with Crippen LogP contribution in [0.25, 0.3) is 11.0 Å². The minimum absolute atomic E-state index is 0.139. The van der Waals surface area contributed by atoms with Crippen molar-refractivity contribution in [3.63, 3.8) is 0 Å². The predicted molar refractivity (Wildman–Crippen MR) is 114 cm³/mol. The smallest absolute Gasteiger partial charge is 0.252 e. The molecule has 0 unspecified atom stereocenters. The highest BCUT2D eigenvalue weighted by Crippen LogP contribution is 2.28. The van der Waals surface area contributed by atoms with Gasteiger partial charge in [-0.2, -0.15) is 0 Å². The molecule has 148 valence electrons. The second kappa shape index (κ2) is 7.48. The Balaban J connectivity index is 1.42. The number of carbonyl (C=O) groups excluding carboxylic acids is 2. The summed E-state index contributed by atoms with van der Waals surface area (Å²) in [5, 5.41) is 6.00. The van der Waals surface area contributed by atoms with Gasteiger partial charge in [-0.05, 0) is 29.3 Å². The highest BCUT2D eigenvalue weighted by atomic mass is 16.2. The maximum absolute atomic E-state index is 13.0. The normalized spacial score (nSPS) is 16.1. The number of aromatic nitrogens is 2. The zero-order valence-corrected chi connectivity index (χ0v) is 16.1. The number of amides is 2. The standard InChI is InChI=1S/C24H20N4O2/c29-21(14-20-16-10-4-5-11-17(16)24(30)27-20)28-22(15-8-2-1-3-9-15)23-25-18-12-6-7-13-19(18)26-23/h1-13,20,22H,14H2,(H,25,26)(H,27,30)(H,28,29)/t20-,22-/m0/s1. The minimum atomic E-state index is -0.418. The summed E-state index contributed by atoms with van der Waals surface area (Å²) in [5.74, 6) is 0.373. The second-order valence-corrected chi connectivity index (χ2v) is 7.37. The summed E-state index contributed by atoms with van der Waals surface area (Å²) in [5.41, 5.74) is 4.19. The van der Waals surface area contributed by atoms with E-state index in [1.165, 1.54) is 0 Å². The number of rotatable bonds is 5. The van der Waals surface area contributed by atoms with E-state index in [1.807, 2.05) is 72.8 Å². The number of hydrogen-bond donors (Lipinski definition) is 3. The molecule has 2 atom stereocenters. The first-order chi connectivity index (χ1) is 14.7. The van der Waals surface area contributed by atoms with Gasteiger partial charge in [-0.3, -0.25) is 9.59 Å². The Hall–Kier alpha value is -3.93. The van der Waals surface area contributed by atoms with Crippen molar-refractivity contribution in [1.82, 2.24) is 20.6 Å². The molecule has 1 aromatic heterocycles. The van der Waals surface area contributed by atoms with Gasteiger partial charge in [0.05, 0.1) is 23.5 Å². The predicted octanol–water partition coefficient (Wildman–Crippen LogP) is 3.64. The van der Waals surface area contributed by atoms with Crippen LogP contribution in [0.5, 0.6) is 0 Å². The number of aromatic amines is 1. The zero-order chi connectivity index (χ0) is 20.5. The average molecular weight is 396 g/mol. The molecule has 2 heterocycles. The Bertz CT molecular complexity index is 1200. The molecule has 0 bridgehead atoms. The van der Waals surface area contributed by atoms with Gasteiger partial charge in [0, 0.05) is 5.56 Å². The summed E-state index contributed by atoms with van der Waals surface area (Å²) >= 11 is 0. The third-order valence-electron chi connectivity index (χ3n) is 5.40. The number of nitrogens with zero attached hydrogens (tertiary/aromatic N) is 1. The SMILES string of the molecule is O=C(C[C@@H]1NC(=O)c2ccccc21)N[C@@H](c1ccccc1)c1nc2ccccc2[nH]1. The van der Waals surface area contributed by atoms with Gasteiger partial charge in [0.25, 0.3) is 5.91 Å². The highest BCUT2D eigenvalue weighted by Gasteiger charge is 2.30. The lowest BCUT2D eigenvalue weighted by molar-refractivity contribution is -0.122. The van der Waals surface area contributed by atoms with Crippen molar-refractivity contribution < 1.29 is 9.59 Å². The number of imidazole rings is 1. The van der Waals surface area contributed by atoms with E-state index in [0.29, 0.717) is 11.4 Å². The maximum atomic E-state index is 13.0. The van der Waals surface area contributed by atoms with E-state index in [-0.39, 0.29) is 24.3 Å². The van der Waals surface area contributed by atoms with Gasteiger partial charge in [-0.25, -0.2) is 4.98 Å². The van der Waals surface area contributed by atoms with Gasteiger partial charge in [-0.15, -0.1) is 0 Å². The monoisotopic (exact) mass is 396 g/mol. The van der Waals surface area contributed by atoms with Crippen LogP contribution in [0, 0.1) is 0 Å². The first-order valence-corrected chi connectivity index (χ1v) is 9.88. The van der Waals surface area contributed by atoms with Crippen molar-refractivity contribution in [3.8, 4) is 0 Å². The van der Waals surface area contributed by atoms with Crippen molar-refractivity contribution >= 4 is 22.8 Å². The molecule has 1 aliphatic rings. The summed E-state index contributed by atoms with van der Waals surface area (Å²) in [6.45, 7) is 0. The topological polar surface area (TPSA) is 86.9 Å². The third kappa shape index (κ3) is 3.33. The van der Waals surface area contributed by atoms with Crippen LogP contribution in [0.15, 0.2) is 78.9 Å². The van der Waals surface area contributed by atoms with E-state index in [0.717, 1.165) is 22.2 Å². The number of nitrogens with one attached hydrogen (secondary N) is 3. The van der Waals surface area contributed by atoms with E-state index in [1.54, 1.807) is 6.07 Å². The van der Waals surface area contributed by atoms with Crippen molar-refractivity contribution in [2.45, 2.75) is 18.5 Å². The highest BCUT2D eigenvalue weighted by molar-refractivity contribution is 5.99. The van der Waals surface area contributed by atoms with E-state index >= 15 is 0 Å². The van der Waals surface area contributed by atoms with Crippen LogP contribution < -0.4 is 10.6 Å². The molecule has 0 fully saturated rings. The molecule has 0 saturated heterocycles. The van der Waals surface area contributed by atoms with Crippen molar-refractivity contribution in [2.75, 3.05) is 0 Å². The van der Waals surface area contributed by atoms with Gasteiger partial charge in [0.15, 0.2) is 0 Å². The molecule has 0 spiro atoms. The number of carbonyl (C=O) groups is 2. The minimum Gasteiger partial charge on any atom is -0.345 e. The van der Waals surface area contributed by atoms with Crippen molar-refractivity contribution in [2.24, 2.45) is 0 Å². The number of hydrogen-bond acceptors (Lipinski definition) is 3. The van der Waals surface area contributed by atoms with Crippen molar-refractivity contribution in [3.05, 3.63) is 101 Å². The summed E-state index contributed by atoms with van der Waals surface area (Å²) in [4.78, 5) is 33.2. The molecule has 5 rings (SSSR count). The summed E-state index contributed by atoms with van der Waals surface area (Å²) in [6.07, 6.45) is 0.159. The Morgan fingerprint density at radius 2 is 1.70 bits per heavy atom. The molecule has 6 nitrogen and oxygen atoms in total. The molecule has 30 heavy (non-hydrogen) atoms. The molecule has 2 amide bonds. The van der Waals surface area contributed by atoms with Crippen LogP contribution in [-0.4, -0.2) is 21.8 Å². The lowest BCUT2D eigenvalue weighted by atomic mass is 10.0. The van der Waals surface area contributed by atoms with E-state index in [2.05, 4.69) is 20.6 Å². The van der Waals surface area contributed by atoms with Crippen molar-refractivity contribution in [1.29, 1.82) is 0 Å².